The van der Waals surface area contributed by atoms with Gasteiger partial charge in [-0.3, -0.25) is 14.5 Å². The zero-order valence-electron chi connectivity index (χ0n) is 17.7. The molecule has 0 atom stereocenters. The Morgan fingerprint density at radius 1 is 1.19 bits per heavy atom. The molecule has 0 bridgehead atoms. The smallest absolute Gasteiger partial charge is 0.266 e. The molecule has 1 N–H and O–H groups in total. The molecule has 1 saturated heterocycles. The van der Waals surface area contributed by atoms with E-state index in [4.69, 9.17) is 12.2 Å². The van der Waals surface area contributed by atoms with Crippen LogP contribution < -0.4 is 5.32 Å². The van der Waals surface area contributed by atoms with Crippen molar-refractivity contribution < 1.29 is 9.59 Å². The number of rotatable bonds is 10. The van der Waals surface area contributed by atoms with Gasteiger partial charge in [-0.25, -0.2) is 0 Å². The standard InChI is InChI=1S/C22H26N4O2S3/c1-3-5-8-19-24-25-21(31-19)23-18(27)7-6-13-26-20(28)17(30-22(26)29)14-16-11-9-15(4-2)10-12-16/h9-12,14H,3-8,13H2,1-2H3,(H,23,25,27)/b17-14+. The van der Waals surface area contributed by atoms with Crippen LogP contribution in [0.25, 0.3) is 6.08 Å². The van der Waals surface area contributed by atoms with Crippen LogP contribution in [-0.2, 0) is 22.4 Å². The maximum Gasteiger partial charge on any atom is 0.266 e. The van der Waals surface area contributed by atoms with Crippen LogP contribution in [0.1, 0.15) is 55.7 Å². The van der Waals surface area contributed by atoms with E-state index in [-0.39, 0.29) is 11.8 Å². The largest absolute Gasteiger partial charge is 0.301 e. The number of aryl methyl sites for hydroxylation is 2. The van der Waals surface area contributed by atoms with E-state index >= 15 is 0 Å². The lowest BCUT2D eigenvalue weighted by Gasteiger charge is -2.13. The van der Waals surface area contributed by atoms with Crippen LogP contribution in [0.15, 0.2) is 29.2 Å². The molecule has 6 nitrogen and oxygen atoms in total. The summed E-state index contributed by atoms with van der Waals surface area (Å²) >= 11 is 8.10. The van der Waals surface area contributed by atoms with Gasteiger partial charge >= 0.3 is 0 Å². The van der Waals surface area contributed by atoms with Crippen LogP contribution in [0.3, 0.4) is 0 Å². The number of hydrogen-bond donors (Lipinski definition) is 1. The molecule has 1 aromatic heterocycles. The van der Waals surface area contributed by atoms with Gasteiger partial charge in [0, 0.05) is 19.4 Å². The molecular formula is C22H26N4O2S3. The molecule has 1 fully saturated rings. The first-order valence-electron chi connectivity index (χ1n) is 10.5. The third kappa shape index (κ3) is 6.69. The minimum Gasteiger partial charge on any atom is -0.301 e. The van der Waals surface area contributed by atoms with E-state index < -0.39 is 0 Å². The topological polar surface area (TPSA) is 75.2 Å². The number of thiocarbonyl (C=S) groups is 1. The first-order valence-corrected chi connectivity index (χ1v) is 12.5. The highest BCUT2D eigenvalue weighted by atomic mass is 32.2. The summed E-state index contributed by atoms with van der Waals surface area (Å²) in [6.07, 6.45) is 6.71. The van der Waals surface area contributed by atoms with E-state index in [1.165, 1.54) is 28.7 Å². The van der Waals surface area contributed by atoms with Crippen molar-refractivity contribution in [1.29, 1.82) is 0 Å². The first-order chi connectivity index (χ1) is 15.0. The summed E-state index contributed by atoms with van der Waals surface area (Å²) in [4.78, 5) is 27.1. The molecule has 0 spiro atoms. The van der Waals surface area contributed by atoms with Crippen LogP contribution in [-0.4, -0.2) is 37.8 Å². The van der Waals surface area contributed by atoms with Crippen molar-refractivity contribution in [2.45, 2.75) is 52.4 Å². The number of anilines is 1. The Morgan fingerprint density at radius 2 is 1.97 bits per heavy atom. The second-order valence-corrected chi connectivity index (χ2v) is 9.92. The van der Waals surface area contributed by atoms with Gasteiger partial charge in [0.15, 0.2) is 0 Å². The molecule has 9 heteroatoms. The summed E-state index contributed by atoms with van der Waals surface area (Å²) in [5, 5.41) is 12.4. The van der Waals surface area contributed by atoms with Crippen LogP contribution in [0.2, 0.25) is 0 Å². The van der Waals surface area contributed by atoms with Crippen LogP contribution in [0, 0.1) is 0 Å². The van der Waals surface area contributed by atoms with E-state index in [1.54, 1.807) is 4.90 Å². The Morgan fingerprint density at radius 3 is 2.68 bits per heavy atom. The molecule has 1 aliphatic rings. The molecule has 1 aliphatic heterocycles. The average molecular weight is 475 g/mol. The van der Waals surface area contributed by atoms with Crippen molar-refractivity contribution in [3.05, 3.63) is 45.3 Å². The molecule has 164 valence electrons. The van der Waals surface area contributed by atoms with Gasteiger partial charge in [-0.15, -0.1) is 10.2 Å². The van der Waals surface area contributed by atoms with E-state index in [1.807, 2.05) is 18.2 Å². The molecule has 0 saturated carbocycles. The monoisotopic (exact) mass is 474 g/mol. The summed E-state index contributed by atoms with van der Waals surface area (Å²) in [7, 11) is 0. The normalized spacial score (nSPS) is 15.2. The van der Waals surface area contributed by atoms with Gasteiger partial charge in [-0.05, 0) is 36.5 Å². The second-order valence-electron chi connectivity index (χ2n) is 7.18. The Hall–Kier alpha value is -2.10. The minimum atomic E-state index is -0.129. The highest BCUT2D eigenvalue weighted by molar-refractivity contribution is 8.26. The lowest BCUT2D eigenvalue weighted by Crippen LogP contribution is -2.29. The third-order valence-electron chi connectivity index (χ3n) is 4.80. The molecule has 2 amide bonds. The summed E-state index contributed by atoms with van der Waals surface area (Å²) < 4.78 is 0.534. The molecule has 0 radical (unpaired) electrons. The summed E-state index contributed by atoms with van der Waals surface area (Å²) in [5.74, 6) is -0.227. The zero-order valence-corrected chi connectivity index (χ0v) is 20.2. The fourth-order valence-electron chi connectivity index (χ4n) is 3.01. The number of amides is 2. The number of benzene rings is 1. The van der Waals surface area contributed by atoms with Gasteiger partial charge in [-0.1, -0.05) is 79.9 Å². The molecule has 2 heterocycles. The van der Waals surface area contributed by atoms with Gasteiger partial charge < -0.3 is 5.32 Å². The first kappa shape index (κ1) is 23.6. The van der Waals surface area contributed by atoms with Crippen LogP contribution in [0.4, 0.5) is 5.13 Å². The minimum absolute atomic E-state index is 0.0975. The molecule has 31 heavy (non-hydrogen) atoms. The molecule has 0 aliphatic carbocycles. The van der Waals surface area contributed by atoms with Crippen LogP contribution in [0.5, 0.6) is 0 Å². The van der Waals surface area contributed by atoms with E-state index in [2.05, 4.69) is 41.5 Å². The summed E-state index contributed by atoms with van der Waals surface area (Å²) in [5.41, 5.74) is 2.24. The van der Waals surface area contributed by atoms with Crippen molar-refractivity contribution in [1.82, 2.24) is 15.1 Å². The second kappa shape index (κ2) is 11.5. The highest BCUT2D eigenvalue weighted by Gasteiger charge is 2.31. The molecule has 1 aromatic carbocycles. The number of thioether (sulfide) groups is 1. The average Bonchev–Trinajstić information content (AvgIpc) is 3.31. The number of carbonyl (C=O) groups is 2. The van der Waals surface area contributed by atoms with Gasteiger partial charge in [0.05, 0.1) is 4.91 Å². The maximum atomic E-state index is 12.7. The van der Waals surface area contributed by atoms with Crippen LogP contribution >= 0.6 is 35.3 Å². The molecule has 2 aromatic rings. The zero-order chi connectivity index (χ0) is 22.2. The van der Waals surface area contributed by atoms with E-state index in [0.29, 0.717) is 33.7 Å². The lowest BCUT2D eigenvalue weighted by molar-refractivity contribution is -0.122. The molecular weight excluding hydrogens is 448 g/mol. The van der Waals surface area contributed by atoms with Crippen molar-refractivity contribution in [3.63, 3.8) is 0 Å². The third-order valence-corrected chi connectivity index (χ3v) is 7.08. The summed E-state index contributed by atoms with van der Waals surface area (Å²) in [6, 6.07) is 8.15. The number of carbonyl (C=O) groups excluding carboxylic acids is 2. The Bertz CT molecular complexity index is 969. The van der Waals surface area contributed by atoms with Crippen molar-refractivity contribution in [3.8, 4) is 0 Å². The van der Waals surface area contributed by atoms with E-state index in [0.717, 1.165) is 36.3 Å². The Labute approximate surface area is 196 Å². The highest BCUT2D eigenvalue weighted by Crippen LogP contribution is 2.32. The maximum absolute atomic E-state index is 12.7. The Kier molecular flexibility index (Phi) is 8.74. The fourth-order valence-corrected chi connectivity index (χ4v) is 5.11. The number of nitrogens with one attached hydrogen (secondary N) is 1. The summed E-state index contributed by atoms with van der Waals surface area (Å²) in [6.45, 7) is 4.66. The van der Waals surface area contributed by atoms with Crippen molar-refractivity contribution in [2.75, 3.05) is 11.9 Å². The quantitative estimate of drug-likeness (QED) is 0.383. The number of nitrogens with zero attached hydrogens (tertiary/aromatic N) is 3. The molecule has 0 unspecified atom stereocenters. The van der Waals surface area contributed by atoms with Gasteiger partial charge in [0.25, 0.3) is 5.91 Å². The number of aromatic nitrogens is 2. The molecule has 3 rings (SSSR count). The lowest BCUT2D eigenvalue weighted by atomic mass is 10.1. The van der Waals surface area contributed by atoms with E-state index in [9.17, 15) is 9.59 Å². The predicted molar refractivity (Wildman–Crippen MR) is 132 cm³/mol. The SMILES string of the molecule is CCCCc1nnc(NC(=O)CCCN2C(=O)/C(=C\c3ccc(CC)cc3)SC2=S)s1. The fraction of sp³-hybridized carbons (Fsp3) is 0.409. The van der Waals surface area contributed by atoms with Gasteiger partial charge in [0.2, 0.25) is 11.0 Å². The Balaban J connectivity index is 1.48. The number of hydrogen-bond acceptors (Lipinski definition) is 7. The number of unbranched alkanes of at least 4 members (excludes halogenated alkanes) is 1. The van der Waals surface area contributed by atoms with Gasteiger partial charge in [0.1, 0.15) is 9.33 Å². The van der Waals surface area contributed by atoms with Crippen molar-refractivity contribution >= 4 is 62.7 Å². The predicted octanol–water partition coefficient (Wildman–Crippen LogP) is 5.06. The van der Waals surface area contributed by atoms with Gasteiger partial charge in [-0.2, -0.15) is 0 Å². The van der Waals surface area contributed by atoms with Crippen molar-refractivity contribution in [2.24, 2.45) is 0 Å².